The van der Waals surface area contributed by atoms with Gasteiger partial charge in [0.05, 0.1) is 5.60 Å². The lowest BCUT2D eigenvalue weighted by molar-refractivity contribution is -0.0626. The monoisotopic (exact) mass is 299 g/mol. The molecule has 0 aromatic heterocycles. The van der Waals surface area contributed by atoms with Gasteiger partial charge >= 0.3 is 0 Å². The summed E-state index contributed by atoms with van der Waals surface area (Å²) in [6.45, 7) is 1.98. The van der Waals surface area contributed by atoms with Crippen molar-refractivity contribution in [2.75, 3.05) is 32.9 Å². The SMILES string of the molecule is OC(CNCC1(O)CCOCC1)COc1ccc(F)cc1. The summed E-state index contributed by atoms with van der Waals surface area (Å²) >= 11 is 0. The molecule has 1 aliphatic rings. The molecular formula is C15H22FNO4. The molecule has 1 aliphatic heterocycles. The Morgan fingerprint density at radius 1 is 1.29 bits per heavy atom. The van der Waals surface area contributed by atoms with Crippen LogP contribution >= 0.6 is 0 Å². The van der Waals surface area contributed by atoms with Crippen LogP contribution in [0.5, 0.6) is 5.75 Å². The van der Waals surface area contributed by atoms with E-state index in [1.807, 2.05) is 0 Å². The summed E-state index contributed by atoms with van der Waals surface area (Å²) in [5, 5.41) is 23.1. The summed E-state index contributed by atoms with van der Waals surface area (Å²) in [5.41, 5.74) is -0.754. The van der Waals surface area contributed by atoms with Crippen molar-refractivity contribution in [3.05, 3.63) is 30.1 Å². The Labute approximate surface area is 123 Å². The van der Waals surface area contributed by atoms with Gasteiger partial charge in [0, 0.05) is 39.1 Å². The third-order valence-corrected chi connectivity index (χ3v) is 3.51. The molecule has 1 saturated heterocycles. The highest BCUT2D eigenvalue weighted by atomic mass is 19.1. The van der Waals surface area contributed by atoms with Crippen molar-refractivity contribution >= 4 is 0 Å². The molecule has 1 fully saturated rings. The number of benzene rings is 1. The van der Waals surface area contributed by atoms with Crippen molar-refractivity contribution in [2.45, 2.75) is 24.5 Å². The molecule has 1 heterocycles. The zero-order chi connectivity index (χ0) is 15.1. The van der Waals surface area contributed by atoms with E-state index in [2.05, 4.69) is 5.32 Å². The van der Waals surface area contributed by atoms with E-state index >= 15 is 0 Å². The lowest BCUT2D eigenvalue weighted by Gasteiger charge is -2.32. The van der Waals surface area contributed by atoms with Gasteiger partial charge in [0.2, 0.25) is 0 Å². The maximum atomic E-state index is 12.7. The second kappa shape index (κ2) is 7.70. The van der Waals surface area contributed by atoms with Gasteiger partial charge in [0.15, 0.2) is 0 Å². The average molecular weight is 299 g/mol. The number of halogens is 1. The zero-order valence-electron chi connectivity index (χ0n) is 11.9. The van der Waals surface area contributed by atoms with Crippen LogP contribution in [-0.4, -0.2) is 54.8 Å². The van der Waals surface area contributed by atoms with Crippen molar-refractivity contribution in [3.8, 4) is 5.75 Å². The summed E-state index contributed by atoms with van der Waals surface area (Å²) in [4.78, 5) is 0. The fourth-order valence-corrected chi connectivity index (χ4v) is 2.18. The van der Waals surface area contributed by atoms with E-state index in [9.17, 15) is 14.6 Å². The van der Waals surface area contributed by atoms with Crippen LogP contribution in [0.3, 0.4) is 0 Å². The Morgan fingerprint density at radius 2 is 1.95 bits per heavy atom. The lowest BCUT2D eigenvalue weighted by atomic mass is 9.94. The predicted octanol–water partition coefficient (Wildman–Crippen LogP) is 0.696. The Hall–Kier alpha value is -1.21. The normalized spacial score (nSPS) is 19.2. The molecule has 1 unspecified atom stereocenters. The number of hydrogen-bond acceptors (Lipinski definition) is 5. The smallest absolute Gasteiger partial charge is 0.123 e. The van der Waals surface area contributed by atoms with E-state index in [-0.39, 0.29) is 12.4 Å². The van der Waals surface area contributed by atoms with Gasteiger partial charge in [0.25, 0.3) is 0 Å². The molecule has 118 valence electrons. The van der Waals surface area contributed by atoms with Gasteiger partial charge in [-0.1, -0.05) is 0 Å². The second-order valence-electron chi connectivity index (χ2n) is 5.39. The molecule has 2 rings (SSSR count). The molecule has 0 radical (unpaired) electrons. The summed E-state index contributed by atoms with van der Waals surface area (Å²) in [7, 11) is 0. The molecule has 0 saturated carbocycles. The molecule has 0 spiro atoms. The molecule has 1 aromatic rings. The van der Waals surface area contributed by atoms with Crippen LogP contribution in [0.4, 0.5) is 4.39 Å². The Kier molecular flexibility index (Phi) is 5.93. The fraction of sp³-hybridized carbons (Fsp3) is 0.600. The minimum Gasteiger partial charge on any atom is -0.491 e. The van der Waals surface area contributed by atoms with Gasteiger partial charge < -0.3 is 25.0 Å². The molecule has 1 aromatic carbocycles. The maximum Gasteiger partial charge on any atom is 0.123 e. The van der Waals surface area contributed by atoms with Crippen LogP contribution in [0.25, 0.3) is 0 Å². The zero-order valence-corrected chi connectivity index (χ0v) is 11.9. The molecule has 3 N–H and O–H groups in total. The van der Waals surface area contributed by atoms with Gasteiger partial charge in [-0.15, -0.1) is 0 Å². The van der Waals surface area contributed by atoms with Crippen molar-refractivity contribution in [3.63, 3.8) is 0 Å². The standard InChI is InChI=1S/C15H22FNO4/c16-12-1-3-14(4-2-12)21-10-13(18)9-17-11-15(19)5-7-20-8-6-15/h1-4,13,17-19H,5-11H2. The van der Waals surface area contributed by atoms with Crippen LogP contribution in [0.2, 0.25) is 0 Å². The van der Waals surface area contributed by atoms with E-state index in [0.29, 0.717) is 44.9 Å². The highest BCUT2D eigenvalue weighted by Crippen LogP contribution is 2.19. The first-order valence-corrected chi connectivity index (χ1v) is 7.15. The van der Waals surface area contributed by atoms with Crippen LogP contribution in [0.15, 0.2) is 24.3 Å². The quantitative estimate of drug-likeness (QED) is 0.691. The van der Waals surface area contributed by atoms with Gasteiger partial charge in [-0.05, 0) is 24.3 Å². The van der Waals surface area contributed by atoms with Crippen LogP contribution in [0.1, 0.15) is 12.8 Å². The number of nitrogens with one attached hydrogen (secondary N) is 1. The van der Waals surface area contributed by atoms with Gasteiger partial charge in [-0.2, -0.15) is 0 Å². The molecule has 0 bridgehead atoms. The number of hydrogen-bond donors (Lipinski definition) is 3. The maximum absolute atomic E-state index is 12.7. The van der Waals surface area contributed by atoms with E-state index in [4.69, 9.17) is 9.47 Å². The van der Waals surface area contributed by atoms with Gasteiger partial charge in [-0.3, -0.25) is 0 Å². The van der Waals surface area contributed by atoms with E-state index in [1.165, 1.54) is 24.3 Å². The number of aliphatic hydroxyl groups excluding tert-OH is 1. The second-order valence-corrected chi connectivity index (χ2v) is 5.39. The Bertz CT molecular complexity index is 420. The molecule has 0 amide bonds. The summed E-state index contributed by atoms with van der Waals surface area (Å²) < 4.78 is 23.3. The molecule has 21 heavy (non-hydrogen) atoms. The third kappa shape index (κ3) is 5.59. The van der Waals surface area contributed by atoms with Crippen LogP contribution < -0.4 is 10.1 Å². The van der Waals surface area contributed by atoms with E-state index < -0.39 is 11.7 Å². The Balaban J connectivity index is 1.63. The van der Waals surface area contributed by atoms with Crippen molar-refractivity contribution < 1.29 is 24.1 Å². The average Bonchev–Trinajstić information content (AvgIpc) is 2.47. The van der Waals surface area contributed by atoms with Crippen molar-refractivity contribution in [1.82, 2.24) is 5.32 Å². The van der Waals surface area contributed by atoms with Gasteiger partial charge in [-0.25, -0.2) is 4.39 Å². The van der Waals surface area contributed by atoms with Crippen LogP contribution in [-0.2, 0) is 4.74 Å². The summed E-state index contributed by atoms with van der Waals surface area (Å²) in [5.74, 6) is 0.188. The molecule has 1 atom stereocenters. The minimum atomic E-state index is -0.754. The first-order valence-electron chi connectivity index (χ1n) is 7.15. The lowest BCUT2D eigenvalue weighted by Crippen LogP contribution is -2.47. The summed E-state index contributed by atoms with van der Waals surface area (Å²) in [6, 6.07) is 5.64. The topological polar surface area (TPSA) is 71.0 Å². The summed E-state index contributed by atoms with van der Waals surface area (Å²) in [6.07, 6.45) is 0.503. The number of aliphatic hydroxyl groups is 2. The van der Waals surface area contributed by atoms with Crippen molar-refractivity contribution in [1.29, 1.82) is 0 Å². The first kappa shape index (κ1) is 16.2. The number of ether oxygens (including phenoxy) is 2. The van der Waals surface area contributed by atoms with Gasteiger partial charge in [0.1, 0.15) is 24.3 Å². The van der Waals surface area contributed by atoms with Crippen LogP contribution in [0, 0.1) is 5.82 Å². The van der Waals surface area contributed by atoms with Crippen molar-refractivity contribution in [2.24, 2.45) is 0 Å². The molecular weight excluding hydrogens is 277 g/mol. The predicted molar refractivity (Wildman–Crippen MR) is 75.8 cm³/mol. The highest BCUT2D eigenvalue weighted by molar-refractivity contribution is 5.22. The minimum absolute atomic E-state index is 0.111. The largest absolute Gasteiger partial charge is 0.491 e. The fourth-order valence-electron chi connectivity index (χ4n) is 2.18. The molecule has 6 heteroatoms. The molecule has 5 nitrogen and oxygen atoms in total. The Morgan fingerprint density at radius 3 is 2.62 bits per heavy atom. The highest BCUT2D eigenvalue weighted by Gasteiger charge is 2.29. The number of rotatable bonds is 7. The first-order chi connectivity index (χ1) is 10.1. The van der Waals surface area contributed by atoms with E-state index in [1.54, 1.807) is 0 Å². The van der Waals surface area contributed by atoms with E-state index in [0.717, 1.165) is 0 Å². The third-order valence-electron chi connectivity index (χ3n) is 3.51. The molecule has 0 aliphatic carbocycles.